The second-order valence-corrected chi connectivity index (χ2v) is 4.95. The number of hydrogen-bond donors (Lipinski definition) is 1. The Bertz CT molecular complexity index is 668. The first-order valence-corrected chi connectivity index (χ1v) is 6.80. The second kappa shape index (κ2) is 5.27. The molecule has 0 fully saturated rings. The number of hydrogen-bond acceptors (Lipinski definition) is 1. The summed E-state index contributed by atoms with van der Waals surface area (Å²) < 4.78 is 0. The van der Waals surface area contributed by atoms with Gasteiger partial charge in [0.05, 0.1) is 0 Å². The van der Waals surface area contributed by atoms with E-state index in [-0.39, 0.29) is 0 Å². The summed E-state index contributed by atoms with van der Waals surface area (Å²) >= 11 is 0. The number of benzene rings is 1. The lowest BCUT2D eigenvalue weighted by Gasteiger charge is -2.02. The fraction of sp³-hybridized carbons (Fsp3) is 0.235. The molecule has 2 aromatic heterocycles. The molecule has 1 N–H and O–H groups in total. The number of H-pyrrole nitrogens is 1. The van der Waals surface area contributed by atoms with Crippen LogP contribution in [0.2, 0.25) is 0 Å². The lowest BCUT2D eigenvalue weighted by atomic mass is 10.0. The van der Waals surface area contributed by atoms with Crippen molar-refractivity contribution in [2.24, 2.45) is 0 Å². The fourth-order valence-electron chi connectivity index (χ4n) is 2.65. The van der Waals surface area contributed by atoms with Gasteiger partial charge in [0.2, 0.25) is 0 Å². The number of para-hydroxylation sites is 1. The highest BCUT2D eigenvalue weighted by molar-refractivity contribution is 5.84. The van der Waals surface area contributed by atoms with Gasteiger partial charge in [-0.3, -0.25) is 4.98 Å². The predicted octanol–water partition coefficient (Wildman–Crippen LogP) is 4.05. The number of aromatic amines is 1. The maximum absolute atomic E-state index is 4.37. The molecule has 0 saturated carbocycles. The Morgan fingerprint density at radius 1 is 1.00 bits per heavy atom. The van der Waals surface area contributed by atoms with Crippen LogP contribution in [0.1, 0.15) is 23.4 Å². The second-order valence-electron chi connectivity index (χ2n) is 4.95. The van der Waals surface area contributed by atoms with Gasteiger partial charge in [-0.25, -0.2) is 0 Å². The molecule has 0 aliphatic rings. The number of fused-ring (bicyclic) bond motifs is 1. The molecule has 3 aromatic rings. The number of aromatic nitrogens is 2. The minimum Gasteiger partial charge on any atom is -0.358 e. The molecule has 0 aliphatic heterocycles. The Balaban J connectivity index is 1.73. The van der Waals surface area contributed by atoms with Crippen molar-refractivity contribution >= 4 is 10.9 Å². The van der Waals surface area contributed by atoms with E-state index in [1.54, 1.807) is 0 Å². The van der Waals surface area contributed by atoms with Crippen LogP contribution >= 0.6 is 0 Å². The van der Waals surface area contributed by atoms with Crippen molar-refractivity contribution in [1.29, 1.82) is 0 Å². The molecule has 0 radical (unpaired) electrons. The lowest BCUT2D eigenvalue weighted by Crippen LogP contribution is -1.93. The van der Waals surface area contributed by atoms with E-state index in [1.165, 1.54) is 27.9 Å². The third-order valence-corrected chi connectivity index (χ3v) is 3.61. The third kappa shape index (κ3) is 2.53. The van der Waals surface area contributed by atoms with Crippen molar-refractivity contribution < 1.29 is 0 Å². The van der Waals surface area contributed by atoms with Crippen LogP contribution in [0.15, 0.2) is 48.7 Å². The number of nitrogens with zero attached hydrogens (tertiary/aromatic N) is 1. The monoisotopic (exact) mass is 250 g/mol. The molecule has 96 valence electrons. The Morgan fingerprint density at radius 3 is 2.68 bits per heavy atom. The molecule has 0 saturated heterocycles. The molecule has 0 amide bonds. The summed E-state index contributed by atoms with van der Waals surface area (Å²) in [6, 6.07) is 14.7. The van der Waals surface area contributed by atoms with Crippen molar-refractivity contribution in [3.8, 4) is 0 Å². The Kier molecular flexibility index (Phi) is 3.32. The van der Waals surface area contributed by atoms with E-state index in [0.29, 0.717) is 0 Å². The van der Waals surface area contributed by atoms with E-state index in [0.717, 1.165) is 19.3 Å². The van der Waals surface area contributed by atoms with Gasteiger partial charge < -0.3 is 4.98 Å². The zero-order valence-electron chi connectivity index (χ0n) is 11.2. The van der Waals surface area contributed by atoms with Crippen LogP contribution in [-0.2, 0) is 12.8 Å². The van der Waals surface area contributed by atoms with Crippen molar-refractivity contribution in [1.82, 2.24) is 9.97 Å². The van der Waals surface area contributed by atoms with Gasteiger partial charge in [-0.05, 0) is 49.9 Å². The summed E-state index contributed by atoms with van der Waals surface area (Å²) in [6.45, 7) is 2.16. The summed E-state index contributed by atoms with van der Waals surface area (Å²) in [6.07, 6.45) is 5.15. The number of rotatable bonds is 4. The Morgan fingerprint density at radius 2 is 1.84 bits per heavy atom. The molecule has 0 aliphatic carbocycles. The van der Waals surface area contributed by atoms with Gasteiger partial charge in [0.25, 0.3) is 0 Å². The highest BCUT2D eigenvalue weighted by atomic mass is 14.7. The van der Waals surface area contributed by atoms with Gasteiger partial charge in [0.15, 0.2) is 0 Å². The van der Waals surface area contributed by atoms with Crippen LogP contribution in [-0.4, -0.2) is 9.97 Å². The molecule has 2 heterocycles. The Hall–Kier alpha value is -2.09. The maximum Gasteiger partial charge on any atom is 0.0458 e. The molecule has 0 spiro atoms. The van der Waals surface area contributed by atoms with Crippen LogP contribution in [0, 0.1) is 6.92 Å². The van der Waals surface area contributed by atoms with Gasteiger partial charge in [-0.15, -0.1) is 0 Å². The van der Waals surface area contributed by atoms with Gasteiger partial charge in [0, 0.05) is 28.5 Å². The van der Waals surface area contributed by atoms with E-state index in [4.69, 9.17) is 0 Å². The van der Waals surface area contributed by atoms with Gasteiger partial charge in [0.1, 0.15) is 0 Å². The van der Waals surface area contributed by atoms with Crippen molar-refractivity contribution in [3.05, 3.63) is 65.6 Å². The van der Waals surface area contributed by atoms with Crippen molar-refractivity contribution in [2.45, 2.75) is 26.2 Å². The van der Waals surface area contributed by atoms with Crippen molar-refractivity contribution in [2.75, 3.05) is 0 Å². The zero-order chi connectivity index (χ0) is 13.1. The molecule has 0 bridgehead atoms. The molecule has 0 unspecified atom stereocenters. The standard InChI is InChI=1S/C17H18N2/c1-13-15(16-9-2-3-11-17(16)19-13)10-6-8-14-7-4-5-12-18-14/h2-5,7,9,11-12,19H,6,8,10H2,1H3. The Labute approximate surface area is 113 Å². The lowest BCUT2D eigenvalue weighted by molar-refractivity contribution is 0.798. The molecule has 2 heteroatoms. The summed E-state index contributed by atoms with van der Waals surface area (Å²) in [7, 11) is 0. The smallest absolute Gasteiger partial charge is 0.0458 e. The molecule has 3 rings (SSSR count). The van der Waals surface area contributed by atoms with Crippen LogP contribution in [0.3, 0.4) is 0 Å². The SMILES string of the molecule is Cc1[nH]c2ccccc2c1CCCc1ccccn1. The van der Waals surface area contributed by atoms with Gasteiger partial charge >= 0.3 is 0 Å². The molecule has 19 heavy (non-hydrogen) atoms. The molecule has 2 nitrogen and oxygen atoms in total. The topological polar surface area (TPSA) is 28.7 Å². The normalized spacial score (nSPS) is 11.0. The summed E-state index contributed by atoms with van der Waals surface area (Å²) in [5.74, 6) is 0. The molecular formula is C17H18N2. The maximum atomic E-state index is 4.37. The van der Waals surface area contributed by atoms with E-state index >= 15 is 0 Å². The van der Waals surface area contributed by atoms with Crippen LogP contribution in [0.5, 0.6) is 0 Å². The third-order valence-electron chi connectivity index (χ3n) is 3.61. The van der Waals surface area contributed by atoms with E-state index in [1.807, 2.05) is 12.3 Å². The summed E-state index contributed by atoms with van der Waals surface area (Å²) in [4.78, 5) is 7.83. The summed E-state index contributed by atoms with van der Waals surface area (Å²) in [5.41, 5.74) is 5.17. The minimum absolute atomic E-state index is 1.04. The quantitative estimate of drug-likeness (QED) is 0.743. The highest BCUT2D eigenvalue weighted by Gasteiger charge is 2.07. The molecule has 0 atom stereocenters. The minimum atomic E-state index is 1.04. The van der Waals surface area contributed by atoms with E-state index in [2.05, 4.69) is 53.3 Å². The number of aryl methyl sites for hydroxylation is 3. The van der Waals surface area contributed by atoms with Crippen molar-refractivity contribution in [3.63, 3.8) is 0 Å². The molecular weight excluding hydrogens is 232 g/mol. The van der Waals surface area contributed by atoms with Gasteiger partial charge in [-0.2, -0.15) is 0 Å². The van der Waals surface area contributed by atoms with E-state index < -0.39 is 0 Å². The van der Waals surface area contributed by atoms with E-state index in [9.17, 15) is 0 Å². The first-order chi connectivity index (χ1) is 9.34. The first-order valence-electron chi connectivity index (χ1n) is 6.80. The fourth-order valence-corrected chi connectivity index (χ4v) is 2.65. The number of pyridine rings is 1. The highest BCUT2D eigenvalue weighted by Crippen LogP contribution is 2.23. The predicted molar refractivity (Wildman–Crippen MR) is 79.3 cm³/mol. The first kappa shape index (κ1) is 12.0. The zero-order valence-corrected chi connectivity index (χ0v) is 11.2. The average molecular weight is 250 g/mol. The number of nitrogens with one attached hydrogen (secondary N) is 1. The summed E-state index contributed by atoms with van der Waals surface area (Å²) in [5, 5.41) is 1.36. The van der Waals surface area contributed by atoms with Gasteiger partial charge in [-0.1, -0.05) is 24.3 Å². The van der Waals surface area contributed by atoms with Crippen LogP contribution in [0.4, 0.5) is 0 Å². The molecule has 1 aromatic carbocycles. The average Bonchev–Trinajstić information content (AvgIpc) is 2.76. The largest absolute Gasteiger partial charge is 0.358 e. The van der Waals surface area contributed by atoms with Crippen LogP contribution < -0.4 is 0 Å². The van der Waals surface area contributed by atoms with Crippen LogP contribution in [0.25, 0.3) is 10.9 Å².